The summed E-state index contributed by atoms with van der Waals surface area (Å²) in [6.07, 6.45) is 8.79. The molecule has 1 aliphatic rings. The molecule has 8 rings (SSSR count). The van der Waals surface area contributed by atoms with E-state index in [1.54, 1.807) is 0 Å². The monoisotopic (exact) mass is 590 g/mol. The second-order valence-electron chi connectivity index (χ2n) is 12.0. The SMILES string of the molecule is Cc1c2ccc(N3c4ccccc4C=Cc4ccccc43)cc2c(C)c2ccc(Nc3ccccc3/C=C\c3ccccc3)cc12. The predicted molar refractivity (Wildman–Crippen MR) is 200 cm³/mol. The van der Waals surface area contributed by atoms with Gasteiger partial charge in [0.2, 0.25) is 0 Å². The van der Waals surface area contributed by atoms with Gasteiger partial charge in [0, 0.05) is 17.1 Å². The van der Waals surface area contributed by atoms with Crippen molar-refractivity contribution in [2.75, 3.05) is 10.2 Å². The normalized spacial score (nSPS) is 12.3. The van der Waals surface area contributed by atoms with Crippen molar-refractivity contribution in [3.8, 4) is 0 Å². The van der Waals surface area contributed by atoms with Gasteiger partial charge in [-0.1, -0.05) is 121 Å². The third-order valence-electron chi connectivity index (χ3n) is 9.19. The first-order valence-electron chi connectivity index (χ1n) is 15.9. The number of benzene rings is 7. The van der Waals surface area contributed by atoms with Crippen LogP contribution in [0.5, 0.6) is 0 Å². The molecule has 0 saturated carbocycles. The fraction of sp³-hybridized carbons (Fsp3) is 0.0455. The Hall–Kier alpha value is -5.86. The lowest BCUT2D eigenvalue weighted by Gasteiger charge is -2.28. The Balaban J connectivity index is 1.19. The quantitative estimate of drug-likeness (QED) is 0.158. The maximum atomic E-state index is 3.71. The van der Waals surface area contributed by atoms with Gasteiger partial charge < -0.3 is 10.2 Å². The molecule has 0 bridgehead atoms. The highest BCUT2D eigenvalue weighted by Gasteiger charge is 2.20. The fourth-order valence-electron chi connectivity index (χ4n) is 6.77. The topological polar surface area (TPSA) is 15.3 Å². The van der Waals surface area contributed by atoms with Gasteiger partial charge in [0.15, 0.2) is 0 Å². The summed E-state index contributed by atoms with van der Waals surface area (Å²) in [5, 5.41) is 8.83. The molecule has 7 aromatic rings. The van der Waals surface area contributed by atoms with E-state index < -0.39 is 0 Å². The molecule has 7 aromatic carbocycles. The number of anilines is 5. The lowest BCUT2D eigenvalue weighted by atomic mass is 9.92. The molecule has 1 heterocycles. The Morgan fingerprint density at radius 3 is 1.80 bits per heavy atom. The Morgan fingerprint density at radius 1 is 0.500 bits per heavy atom. The summed E-state index contributed by atoms with van der Waals surface area (Å²) >= 11 is 0. The van der Waals surface area contributed by atoms with Crippen molar-refractivity contribution in [3.05, 3.63) is 173 Å². The van der Waals surface area contributed by atoms with Gasteiger partial charge in [0.25, 0.3) is 0 Å². The molecule has 0 unspecified atom stereocenters. The van der Waals surface area contributed by atoms with Crippen LogP contribution in [0.4, 0.5) is 28.4 Å². The summed E-state index contributed by atoms with van der Waals surface area (Å²) < 4.78 is 0. The first kappa shape index (κ1) is 27.7. The van der Waals surface area contributed by atoms with E-state index in [-0.39, 0.29) is 0 Å². The molecular weight excluding hydrogens is 556 g/mol. The second kappa shape index (κ2) is 11.6. The minimum atomic E-state index is 1.08. The third kappa shape index (κ3) is 4.95. The first-order valence-corrected chi connectivity index (χ1v) is 15.9. The van der Waals surface area contributed by atoms with E-state index in [0.29, 0.717) is 0 Å². The molecule has 0 atom stereocenters. The average Bonchev–Trinajstić information content (AvgIpc) is 3.27. The Bertz CT molecular complexity index is 2260. The van der Waals surface area contributed by atoms with Gasteiger partial charge in [-0.25, -0.2) is 0 Å². The van der Waals surface area contributed by atoms with Crippen molar-refractivity contribution in [3.63, 3.8) is 0 Å². The highest BCUT2D eigenvalue weighted by atomic mass is 15.1. The summed E-state index contributed by atoms with van der Waals surface area (Å²) in [7, 11) is 0. The van der Waals surface area contributed by atoms with Gasteiger partial charge in [-0.3, -0.25) is 0 Å². The molecule has 1 N–H and O–H groups in total. The van der Waals surface area contributed by atoms with Crippen molar-refractivity contribution >= 4 is 74.3 Å². The van der Waals surface area contributed by atoms with Crippen LogP contribution in [0.15, 0.2) is 140 Å². The number of nitrogens with zero attached hydrogens (tertiary/aromatic N) is 1. The fourth-order valence-corrected chi connectivity index (χ4v) is 6.77. The summed E-state index contributed by atoms with van der Waals surface area (Å²) in [6, 6.07) is 49.9. The van der Waals surface area contributed by atoms with Crippen molar-refractivity contribution in [2.45, 2.75) is 13.8 Å². The van der Waals surface area contributed by atoms with Crippen LogP contribution in [-0.4, -0.2) is 0 Å². The van der Waals surface area contributed by atoms with Crippen molar-refractivity contribution in [2.24, 2.45) is 0 Å². The Morgan fingerprint density at radius 2 is 1.09 bits per heavy atom. The van der Waals surface area contributed by atoms with Crippen LogP contribution < -0.4 is 10.2 Å². The van der Waals surface area contributed by atoms with Crippen LogP contribution in [0, 0.1) is 13.8 Å². The van der Waals surface area contributed by atoms with Gasteiger partial charge in [-0.2, -0.15) is 0 Å². The Labute approximate surface area is 270 Å². The van der Waals surface area contributed by atoms with E-state index in [9.17, 15) is 0 Å². The van der Waals surface area contributed by atoms with E-state index in [2.05, 4.69) is 182 Å². The molecule has 2 nitrogen and oxygen atoms in total. The van der Waals surface area contributed by atoms with Crippen molar-refractivity contribution < 1.29 is 0 Å². The first-order chi connectivity index (χ1) is 22.6. The summed E-state index contributed by atoms with van der Waals surface area (Å²) in [5.74, 6) is 0. The van der Waals surface area contributed by atoms with Gasteiger partial charge in [0.1, 0.15) is 0 Å². The van der Waals surface area contributed by atoms with Crippen molar-refractivity contribution in [1.29, 1.82) is 0 Å². The summed E-state index contributed by atoms with van der Waals surface area (Å²) in [5.41, 5.74) is 13.0. The number of nitrogens with one attached hydrogen (secondary N) is 1. The van der Waals surface area contributed by atoms with E-state index >= 15 is 0 Å². The number of fused-ring (bicyclic) bond motifs is 4. The van der Waals surface area contributed by atoms with Gasteiger partial charge >= 0.3 is 0 Å². The molecule has 0 saturated heterocycles. The highest BCUT2D eigenvalue weighted by Crippen LogP contribution is 2.44. The standard InChI is InChI=1S/C44H34N2/c1-30-39-27-25-37(46-43-18-10-7-15-34(43)22-23-35-16-8-11-19-44(35)46)29-41(39)31(2)38-26-24-36(28-40(30)38)45-42-17-9-6-14-33(42)21-20-32-12-4-3-5-13-32/h3-29,45H,1-2H3/b21-20-. The number of hydrogen-bond acceptors (Lipinski definition) is 2. The van der Waals surface area contributed by atoms with Crippen molar-refractivity contribution in [1.82, 2.24) is 0 Å². The highest BCUT2D eigenvalue weighted by molar-refractivity contribution is 6.08. The summed E-state index contributed by atoms with van der Waals surface area (Å²) in [6.45, 7) is 4.51. The van der Waals surface area contributed by atoms with Crippen LogP contribution in [0.3, 0.4) is 0 Å². The molecule has 0 aromatic heterocycles. The van der Waals surface area contributed by atoms with Crippen LogP contribution in [0.25, 0.3) is 45.8 Å². The average molecular weight is 591 g/mol. The van der Waals surface area contributed by atoms with Gasteiger partial charge in [0.05, 0.1) is 11.4 Å². The number of aryl methyl sites for hydroxylation is 2. The molecule has 0 aliphatic carbocycles. The number of para-hydroxylation sites is 3. The predicted octanol–water partition coefficient (Wildman–Crippen LogP) is 12.5. The van der Waals surface area contributed by atoms with Crippen LogP contribution in [0.1, 0.15) is 33.4 Å². The van der Waals surface area contributed by atoms with E-state index in [1.807, 2.05) is 6.07 Å². The zero-order chi connectivity index (χ0) is 31.0. The minimum absolute atomic E-state index is 1.08. The zero-order valence-corrected chi connectivity index (χ0v) is 26.0. The van der Waals surface area contributed by atoms with Crippen LogP contribution >= 0.6 is 0 Å². The molecule has 0 radical (unpaired) electrons. The molecular formula is C44H34N2. The second-order valence-corrected chi connectivity index (χ2v) is 12.0. The Kier molecular flexibility index (Phi) is 6.96. The van der Waals surface area contributed by atoms with Crippen LogP contribution in [0.2, 0.25) is 0 Å². The van der Waals surface area contributed by atoms with Gasteiger partial charge in [-0.15, -0.1) is 0 Å². The summed E-state index contributed by atoms with van der Waals surface area (Å²) in [4.78, 5) is 2.40. The van der Waals surface area contributed by atoms with Gasteiger partial charge in [-0.05, 0) is 111 Å². The van der Waals surface area contributed by atoms with E-state index in [4.69, 9.17) is 0 Å². The third-order valence-corrected chi connectivity index (χ3v) is 9.19. The van der Waals surface area contributed by atoms with E-state index in [0.717, 1.165) is 22.6 Å². The molecule has 2 heteroatoms. The maximum Gasteiger partial charge on any atom is 0.0534 e. The molecule has 220 valence electrons. The lowest BCUT2D eigenvalue weighted by Crippen LogP contribution is -2.11. The number of hydrogen-bond donors (Lipinski definition) is 1. The largest absolute Gasteiger partial charge is 0.355 e. The number of rotatable bonds is 5. The van der Waals surface area contributed by atoms with E-state index in [1.165, 1.54) is 60.7 Å². The molecule has 0 spiro atoms. The smallest absolute Gasteiger partial charge is 0.0534 e. The zero-order valence-electron chi connectivity index (χ0n) is 26.0. The maximum absolute atomic E-state index is 3.71. The lowest BCUT2D eigenvalue weighted by molar-refractivity contribution is 1.28. The molecule has 0 fully saturated rings. The molecule has 46 heavy (non-hydrogen) atoms. The molecule has 1 aliphatic heterocycles. The van der Waals surface area contributed by atoms with Crippen LogP contribution in [-0.2, 0) is 0 Å². The molecule has 0 amide bonds. The minimum Gasteiger partial charge on any atom is -0.355 e.